The summed E-state index contributed by atoms with van der Waals surface area (Å²) >= 11 is 0. The minimum Gasteiger partial charge on any atom is -0.401 e. The number of aromatic nitrogens is 2. The summed E-state index contributed by atoms with van der Waals surface area (Å²) in [7, 11) is 8.06. The third-order valence-electron chi connectivity index (χ3n) is 12.8. The summed E-state index contributed by atoms with van der Waals surface area (Å²) in [5.41, 5.74) is 24.5. The Balaban J connectivity index is 0.000000536. The highest BCUT2D eigenvalue weighted by Crippen LogP contribution is 2.42. The lowest BCUT2D eigenvalue weighted by Crippen LogP contribution is -2.36. The number of hydrazine groups is 1. The highest BCUT2D eigenvalue weighted by Gasteiger charge is 2.30. The smallest absolute Gasteiger partial charge is 0.0622 e. The second kappa shape index (κ2) is 32.7. The summed E-state index contributed by atoms with van der Waals surface area (Å²) in [6, 6.07) is 21.7. The molecule has 2 aromatic carbocycles. The number of likely N-dealkylation sites (N-methyl/N-ethyl adjacent to an activating group) is 2. The second-order valence-corrected chi connectivity index (χ2v) is 21.0. The molecule has 0 saturated carbocycles. The maximum atomic E-state index is 8.23. The van der Waals surface area contributed by atoms with Gasteiger partial charge in [-0.15, -0.1) is 19.7 Å². The van der Waals surface area contributed by atoms with Crippen molar-refractivity contribution in [3.05, 3.63) is 140 Å². The molecule has 5 rings (SSSR count). The molecule has 390 valence electrons. The molecule has 9 nitrogen and oxygen atoms in total. The average molecular weight is 969 g/mol. The molecule has 4 N–H and O–H groups in total. The van der Waals surface area contributed by atoms with Crippen molar-refractivity contribution in [2.75, 3.05) is 54.4 Å². The second-order valence-electron chi connectivity index (χ2n) is 21.0. The number of aryl methyl sites for hydroxylation is 3. The van der Waals surface area contributed by atoms with Crippen LogP contribution in [0.1, 0.15) is 128 Å². The molecule has 0 aliphatic carbocycles. The maximum absolute atomic E-state index is 8.23. The first-order valence-corrected chi connectivity index (χ1v) is 26.3. The number of pyridine rings is 1. The molecule has 9 heteroatoms. The molecule has 1 saturated heterocycles. The zero-order valence-corrected chi connectivity index (χ0v) is 46.7. The molecule has 0 bridgehead atoms. The van der Waals surface area contributed by atoms with E-state index in [0.717, 1.165) is 70.5 Å². The van der Waals surface area contributed by atoms with Crippen LogP contribution >= 0.6 is 0 Å². The van der Waals surface area contributed by atoms with Crippen LogP contribution in [0.2, 0.25) is 0 Å². The lowest BCUT2D eigenvalue weighted by molar-refractivity contribution is 0.266. The standard InChI is InChI=1S/C41H56N4.C8H12N2.C8H18N2.C5H11N/c1-9-12-22-41(7,8)29-37-36-28-33(34-26-31(6)25-32(27-34)18-15-13-14-16-24-44-43-10-2)20-21-38(36)45(11-3)40(37)35-19-17-23-42-39(35)30(4)5;1-2-8-7-10(8)6-4-3-5-9;1-6(2)8(7(3)9)10(4)5;1-4-5-6(2)3/h9-10,17,19-21,23,25-28,30,43-44H,1-2,11-16,18,22,24,29H2,3-8H3;2,8H,1,3-4,6-7H2;6,8H,3,9H2,1-2,4-5H3;4H,1,5H2,2-3H3. The average Bonchev–Trinajstić information content (AvgIpc) is 4.02. The van der Waals surface area contributed by atoms with E-state index in [1.807, 2.05) is 46.5 Å². The van der Waals surface area contributed by atoms with E-state index < -0.39 is 0 Å². The van der Waals surface area contributed by atoms with Gasteiger partial charge in [0, 0.05) is 73.2 Å². The molecule has 1 aliphatic heterocycles. The Hall–Kier alpha value is -5.24. The van der Waals surface area contributed by atoms with Crippen LogP contribution in [-0.2, 0) is 19.4 Å². The Kier molecular flexibility index (Phi) is 28.5. The third kappa shape index (κ3) is 21.6. The molecule has 3 heterocycles. The molecular weight excluding hydrogens is 871 g/mol. The van der Waals surface area contributed by atoms with Crippen molar-refractivity contribution in [1.29, 1.82) is 5.26 Å². The van der Waals surface area contributed by atoms with Crippen LogP contribution in [0.3, 0.4) is 0 Å². The summed E-state index contributed by atoms with van der Waals surface area (Å²) in [5.74, 6) is 0.880. The number of nitrogens with one attached hydrogen (secondary N) is 2. The molecule has 0 spiro atoms. The molecule has 3 atom stereocenters. The van der Waals surface area contributed by atoms with Crippen LogP contribution in [0.15, 0.2) is 118 Å². The molecular formula is C62H97N9. The topological polar surface area (TPSA) is 101 Å². The van der Waals surface area contributed by atoms with Crippen LogP contribution in [0.5, 0.6) is 0 Å². The lowest BCUT2D eigenvalue weighted by Gasteiger charge is -2.27. The van der Waals surface area contributed by atoms with E-state index >= 15 is 0 Å². The van der Waals surface area contributed by atoms with Crippen molar-refractivity contribution in [1.82, 2.24) is 35.1 Å². The van der Waals surface area contributed by atoms with Gasteiger partial charge in [0.2, 0.25) is 0 Å². The number of nitriles is 1. The molecule has 0 amide bonds. The van der Waals surface area contributed by atoms with Gasteiger partial charge in [-0.05, 0) is 157 Å². The van der Waals surface area contributed by atoms with E-state index in [-0.39, 0.29) is 5.41 Å². The van der Waals surface area contributed by atoms with Crippen LogP contribution in [-0.4, -0.2) is 90.7 Å². The summed E-state index contributed by atoms with van der Waals surface area (Å²) in [6.45, 7) is 41.9. The summed E-state index contributed by atoms with van der Waals surface area (Å²) in [6.07, 6.45) is 20.3. The molecule has 2 aromatic heterocycles. The lowest BCUT2D eigenvalue weighted by atomic mass is 9.80. The van der Waals surface area contributed by atoms with E-state index in [1.165, 1.54) is 81.4 Å². The van der Waals surface area contributed by atoms with Gasteiger partial charge in [-0.25, -0.2) is 5.43 Å². The zero-order valence-electron chi connectivity index (χ0n) is 46.7. The number of nitrogens with zero attached hydrogens (tertiary/aromatic N) is 6. The summed E-state index contributed by atoms with van der Waals surface area (Å²) < 4.78 is 2.53. The van der Waals surface area contributed by atoms with Crippen LogP contribution < -0.4 is 16.6 Å². The molecule has 71 heavy (non-hydrogen) atoms. The van der Waals surface area contributed by atoms with Gasteiger partial charge in [0.25, 0.3) is 0 Å². The number of unbranched alkanes of at least 4 members (excludes halogenated alkanes) is 4. The van der Waals surface area contributed by atoms with Crippen molar-refractivity contribution < 1.29 is 0 Å². The minimum atomic E-state index is 0.140. The third-order valence-corrected chi connectivity index (χ3v) is 12.8. The Bertz CT molecular complexity index is 2260. The van der Waals surface area contributed by atoms with Crippen LogP contribution in [0, 0.1) is 29.6 Å². The van der Waals surface area contributed by atoms with Gasteiger partial charge in [-0.2, -0.15) is 5.26 Å². The Morgan fingerprint density at radius 1 is 0.958 bits per heavy atom. The highest BCUT2D eigenvalue weighted by molar-refractivity contribution is 5.95. The van der Waals surface area contributed by atoms with Crippen molar-refractivity contribution in [2.45, 2.75) is 144 Å². The Morgan fingerprint density at radius 2 is 1.68 bits per heavy atom. The van der Waals surface area contributed by atoms with Gasteiger partial charge < -0.3 is 25.5 Å². The molecule has 1 aliphatic rings. The van der Waals surface area contributed by atoms with Gasteiger partial charge >= 0.3 is 0 Å². The van der Waals surface area contributed by atoms with Crippen molar-refractivity contribution in [3.63, 3.8) is 0 Å². The number of hydrogen-bond donors (Lipinski definition) is 3. The first-order chi connectivity index (χ1) is 33.8. The molecule has 4 aromatic rings. The predicted octanol–water partition coefficient (Wildman–Crippen LogP) is 13.6. The van der Waals surface area contributed by atoms with E-state index in [4.69, 9.17) is 16.0 Å². The highest BCUT2D eigenvalue weighted by atomic mass is 15.3. The van der Waals surface area contributed by atoms with E-state index in [1.54, 1.807) is 6.20 Å². The summed E-state index contributed by atoms with van der Waals surface area (Å²) in [5, 5.41) is 9.61. The van der Waals surface area contributed by atoms with Crippen LogP contribution in [0.25, 0.3) is 33.3 Å². The minimum absolute atomic E-state index is 0.140. The fraction of sp³-hybridized carbons (Fsp3) is 0.516. The van der Waals surface area contributed by atoms with Gasteiger partial charge in [0.1, 0.15) is 0 Å². The number of rotatable bonds is 27. The van der Waals surface area contributed by atoms with Crippen molar-refractivity contribution in [3.8, 4) is 28.5 Å². The number of hydrogen-bond acceptors (Lipinski definition) is 8. The quantitative estimate of drug-likeness (QED) is 0.0235. The summed E-state index contributed by atoms with van der Waals surface area (Å²) in [4.78, 5) is 11.4. The van der Waals surface area contributed by atoms with E-state index in [2.05, 4.69) is 179 Å². The monoisotopic (exact) mass is 968 g/mol. The largest absolute Gasteiger partial charge is 0.401 e. The first kappa shape index (κ1) is 61.9. The van der Waals surface area contributed by atoms with Crippen molar-refractivity contribution in [2.24, 2.45) is 17.1 Å². The van der Waals surface area contributed by atoms with E-state index in [9.17, 15) is 0 Å². The number of fused-ring (bicyclic) bond motifs is 1. The fourth-order valence-corrected chi connectivity index (χ4v) is 9.42. The molecule has 0 radical (unpaired) electrons. The first-order valence-electron chi connectivity index (χ1n) is 26.3. The van der Waals surface area contributed by atoms with Gasteiger partial charge in [0.05, 0.1) is 23.5 Å². The SMILES string of the molecule is C=C(N)C(C(C)C)N(C)C.C=CC1CN1CCCC#N.C=CCCC(C)(C)Cc1c(-c2cccnc2C(C)C)n(CC)c2ccc(-c3cc(C)cc(CCCCCCNNC=C)c3)cc12.C=CCN(C)C. The van der Waals surface area contributed by atoms with Crippen LogP contribution in [0.4, 0.5) is 0 Å². The van der Waals surface area contributed by atoms with E-state index in [0.29, 0.717) is 30.3 Å². The maximum Gasteiger partial charge on any atom is 0.0622 e. The van der Waals surface area contributed by atoms with Crippen molar-refractivity contribution >= 4 is 10.9 Å². The number of allylic oxidation sites excluding steroid dienone is 1. The zero-order chi connectivity index (χ0) is 53.1. The number of benzene rings is 2. The molecule has 1 fully saturated rings. The Labute approximate surface area is 433 Å². The van der Waals surface area contributed by atoms with Gasteiger partial charge in [0.15, 0.2) is 0 Å². The van der Waals surface area contributed by atoms with Gasteiger partial charge in [-0.3, -0.25) is 9.88 Å². The van der Waals surface area contributed by atoms with Gasteiger partial charge in [-0.1, -0.05) is 116 Å². The Morgan fingerprint density at radius 3 is 2.21 bits per heavy atom. The fourth-order valence-electron chi connectivity index (χ4n) is 9.42. The normalized spacial score (nSPS) is 14.4. The predicted molar refractivity (Wildman–Crippen MR) is 310 cm³/mol. The number of nitrogens with two attached hydrogens (primary N) is 1. The molecule has 3 unspecified atom stereocenters.